The second-order valence-electron chi connectivity index (χ2n) is 3.48. The lowest BCUT2D eigenvalue weighted by Crippen LogP contribution is -2.28. The minimum atomic E-state index is -0.378. The van der Waals surface area contributed by atoms with Crippen LogP contribution >= 0.6 is 0 Å². The van der Waals surface area contributed by atoms with E-state index in [9.17, 15) is 4.79 Å². The van der Waals surface area contributed by atoms with Crippen LogP contribution in [0.15, 0.2) is 24.3 Å². The van der Waals surface area contributed by atoms with Crippen LogP contribution in [0.2, 0.25) is 0 Å². The Balaban J connectivity index is 2.27. The molecule has 4 nitrogen and oxygen atoms in total. The first-order valence-corrected chi connectivity index (χ1v) is 5.29. The van der Waals surface area contributed by atoms with Crippen LogP contribution in [-0.2, 0) is 14.3 Å². The Labute approximate surface area is 94.1 Å². The van der Waals surface area contributed by atoms with Gasteiger partial charge in [0.2, 0.25) is 0 Å². The fourth-order valence-corrected chi connectivity index (χ4v) is 1.71. The summed E-state index contributed by atoms with van der Waals surface area (Å²) in [4.78, 5) is 11.6. The van der Waals surface area contributed by atoms with Crippen molar-refractivity contribution in [3.63, 3.8) is 0 Å². The highest BCUT2D eigenvalue weighted by Crippen LogP contribution is 2.29. The molecular weight excluding hydrogens is 208 g/mol. The molecule has 0 aromatic heterocycles. The molecule has 1 fully saturated rings. The van der Waals surface area contributed by atoms with Gasteiger partial charge in [0.15, 0.2) is 6.79 Å². The van der Waals surface area contributed by atoms with Gasteiger partial charge in [-0.15, -0.1) is 0 Å². The Bertz CT molecular complexity index is 375. The van der Waals surface area contributed by atoms with Crippen molar-refractivity contribution in [2.24, 2.45) is 0 Å². The second kappa shape index (κ2) is 4.99. The predicted molar refractivity (Wildman–Crippen MR) is 57.3 cm³/mol. The summed E-state index contributed by atoms with van der Waals surface area (Å²) in [6.07, 6.45) is 0. The molecule has 1 saturated heterocycles. The maximum atomic E-state index is 11.6. The molecule has 4 heteroatoms. The fourth-order valence-electron chi connectivity index (χ4n) is 1.71. The highest BCUT2D eigenvalue weighted by molar-refractivity contribution is 5.79. The SMILES string of the molecule is CCOc1ccccc1C1COCOC1=O. The van der Waals surface area contributed by atoms with E-state index < -0.39 is 0 Å². The minimum Gasteiger partial charge on any atom is -0.494 e. The van der Waals surface area contributed by atoms with Gasteiger partial charge < -0.3 is 14.2 Å². The Morgan fingerprint density at radius 2 is 2.25 bits per heavy atom. The maximum Gasteiger partial charge on any atom is 0.318 e. The van der Waals surface area contributed by atoms with E-state index in [0.29, 0.717) is 13.2 Å². The number of benzene rings is 1. The summed E-state index contributed by atoms with van der Waals surface area (Å²) in [6.45, 7) is 2.88. The second-order valence-corrected chi connectivity index (χ2v) is 3.48. The zero-order valence-electron chi connectivity index (χ0n) is 9.14. The lowest BCUT2D eigenvalue weighted by Gasteiger charge is -2.23. The fraction of sp³-hybridized carbons (Fsp3) is 0.417. The van der Waals surface area contributed by atoms with E-state index >= 15 is 0 Å². The number of hydrogen-bond donors (Lipinski definition) is 0. The first-order valence-electron chi connectivity index (χ1n) is 5.29. The largest absolute Gasteiger partial charge is 0.494 e. The Hall–Kier alpha value is -1.55. The molecule has 1 aliphatic heterocycles. The maximum absolute atomic E-state index is 11.6. The number of carbonyl (C=O) groups excluding carboxylic acids is 1. The molecule has 1 aromatic rings. The summed E-state index contributed by atoms with van der Waals surface area (Å²) >= 11 is 0. The molecule has 1 atom stereocenters. The molecule has 0 N–H and O–H groups in total. The first kappa shape index (κ1) is 11.0. The van der Waals surface area contributed by atoms with Crippen LogP contribution in [-0.4, -0.2) is 26.0 Å². The van der Waals surface area contributed by atoms with Crippen molar-refractivity contribution in [1.29, 1.82) is 0 Å². The van der Waals surface area contributed by atoms with Gasteiger partial charge in [0, 0.05) is 5.56 Å². The minimum absolute atomic E-state index is 0.0478. The van der Waals surface area contributed by atoms with E-state index in [2.05, 4.69) is 0 Å². The van der Waals surface area contributed by atoms with Crippen molar-refractivity contribution in [2.75, 3.05) is 20.0 Å². The summed E-state index contributed by atoms with van der Waals surface area (Å²) in [5.41, 5.74) is 0.828. The molecule has 86 valence electrons. The number of carbonyl (C=O) groups is 1. The van der Waals surface area contributed by atoms with E-state index in [1.54, 1.807) is 0 Å². The highest BCUT2D eigenvalue weighted by atomic mass is 16.7. The quantitative estimate of drug-likeness (QED) is 0.730. The van der Waals surface area contributed by atoms with Gasteiger partial charge >= 0.3 is 5.97 Å². The van der Waals surface area contributed by atoms with E-state index in [-0.39, 0.29) is 18.7 Å². The normalized spacial score (nSPS) is 20.3. The molecule has 1 aromatic carbocycles. The van der Waals surface area contributed by atoms with Gasteiger partial charge in [-0.1, -0.05) is 18.2 Å². The molecular formula is C12H14O4. The Morgan fingerprint density at radius 1 is 1.44 bits per heavy atom. The Kier molecular flexibility index (Phi) is 3.41. The van der Waals surface area contributed by atoms with Gasteiger partial charge in [-0.25, -0.2) is 0 Å². The van der Waals surface area contributed by atoms with Gasteiger partial charge in [-0.2, -0.15) is 0 Å². The van der Waals surface area contributed by atoms with Gasteiger partial charge in [0.05, 0.1) is 13.2 Å². The molecule has 2 rings (SSSR count). The summed E-state index contributed by atoms with van der Waals surface area (Å²) in [6, 6.07) is 7.47. The average molecular weight is 222 g/mol. The van der Waals surface area contributed by atoms with Crippen LogP contribution in [0.3, 0.4) is 0 Å². The summed E-state index contributed by atoms with van der Waals surface area (Å²) in [5.74, 6) is 0.0901. The van der Waals surface area contributed by atoms with Crippen molar-refractivity contribution < 1.29 is 19.0 Å². The van der Waals surface area contributed by atoms with Gasteiger partial charge in [-0.05, 0) is 13.0 Å². The van der Waals surface area contributed by atoms with E-state index in [4.69, 9.17) is 14.2 Å². The number of rotatable bonds is 3. The van der Waals surface area contributed by atoms with E-state index in [0.717, 1.165) is 11.3 Å². The number of esters is 1. The van der Waals surface area contributed by atoms with Crippen LogP contribution in [0.25, 0.3) is 0 Å². The van der Waals surface area contributed by atoms with Crippen molar-refractivity contribution in [3.05, 3.63) is 29.8 Å². The van der Waals surface area contributed by atoms with Crippen LogP contribution in [0.1, 0.15) is 18.4 Å². The predicted octanol–water partition coefficient (Wildman–Crippen LogP) is 1.70. The summed E-state index contributed by atoms with van der Waals surface area (Å²) < 4.78 is 15.5. The summed E-state index contributed by atoms with van der Waals surface area (Å²) in [7, 11) is 0. The molecule has 1 heterocycles. The van der Waals surface area contributed by atoms with Gasteiger partial charge in [0.1, 0.15) is 11.7 Å². The molecule has 1 aliphatic rings. The zero-order valence-corrected chi connectivity index (χ0v) is 9.14. The van der Waals surface area contributed by atoms with Crippen molar-refractivity contribution in [1.82, 2.24) is 0 Å². The third-order valence-corrected chi connectivity index (χ3v) is 2.45. The number of cyclic esters (lactones) is 1. The summed E-state index contributed by atoms with van der Waals surface area (Å²) in [5, 5.41) is 0. The molecule has 0 radical (unpaired) electrons. The zero-order chi connectivity index (χ0) is 11.4. The van der Waals surface area contributed by atoms with E-state index in [1.807, 2.05) is 31.2 Å². The molecule has 0 amide bonds. The standard InChI is InChI=1S/C12H14O4/c1-2-15-11-6-4-3-5-9(11)10-7-14-8-16-12(10)13/h3-6,10H,2,7-8H2,1H3. The van der Waals surface area contributed by atoms with Crippen LogP contribution < -0.4 is 4.74 Å². The molecule has 1 unspecified atom stereocenters. The lowest BCUT2D eigenvalue weighted by molar-refractivity contribution is -0.172. The third kappa shape index (κ3) is 2.17. The highest BCUT2D eigenvalue weighted by Gasteiger charge is 2.28. The third-order valence-electron chi connectivity index (χ3n) is 2.45. The smallest absolute Gasteiger partial charge is 0.318 e. The van der Waals surface area contributed by atoms with Crippen molar-refractivity contribution in [2.45, 2.75) is 12.8 Å². The molecule has 0 spiro atoms. The topological polar surface area (TPSA) is 44.8 Å². The number of hydrogen-bond acceptors (Lipinski definition) is 4. The van der Waals surface area contributed by atoms with Crippen molar-refractivity contribution in [3.8, 4) is 5.75 Å². The number of ether oxygens (including phenoxy) is 3. The number of para-hydroxylation sites is 1. The molecule has 16 heavy (non-hydrogen) atoms. The van der Waals surface area contributed by atoms with Crippen molar-refractivity contribution >= 4 is 5.97 Å². The monoisotopic (exact) mass is 222 g/mol. The molecule has 0 bridgehead atoms. The van der Waals surface area contributed by atoms with Crippen LogP contribution in [0.4, 0.5) is 0 Å². The van der Waals surface area contributed by atoms with Gasteiger partial charge in [-0.3, -0.25) is 4.79 Å². The molecule has 0 aliphatic carbocycles. The van der Waals surface area contributed by atoms with E-state index in [1.165, 1.54) is 0 Å². The van der Waals surface area contributed by atoms with Crippen LogP contribution in [0.5, 0.6) is 5.75 Å². The first-order chi connectivity index (χ1) is 7.83. The van der Waals surface area contributed by atoms with Gasteiger partial charge in [0.25, 0.3) is 0 Å². The lowest BCUT2D eigenvalue weighted by atomic mass is 9.99. The average Bonchev–Trinajstić information content (AvgIpc) is 2.31. The Morgan fingerprint density at radius 3 is 3.00 bits per heavy atom. The van der Waals surface area contributed by atoms with Crippen LogP contribution in [0, 0.1) is 0 Å². The molecule has 0 saturated carbocycles.